The van der Waals surface area contributed by atoms with E-state index in [9.17, 15) is 9.90 Å². The van der Waals surface area contributed by atoms with E-state index in [0.717, 1.165) is 24.4 Å². The molecule has 0 aliphatic carbocycles. The van der Waals surface area contributed by atoms with Gasteiger partial charge in [0, 0.05) is 29.9 Å². The number of rotatable bonds is 5. The highest BCUT2D eigenvalue weighted by molar-refractivity contribution is 6.30. The van der Waals surface area contributed by atoms with Crippen molar-refractivity contribution in [1.82, 2.24) is 15.2 Å². The van der Waals surface area contributed by atoms with Crippen molar-refractivity contribution in [3.63, 3.8) is 0 Å². The predicted octanol–water partition coefficient (Wildman–Crippen LogP) is 2.24. The summed E-state index contributed by atoms with van der Waals surface area (Å²) in [6.07, 6.45) is 4.50. The van der Waals surface area contributed by atoms with Gasteiger partial charge in [-0.05, 0) is 30.2 Å². The highest BCUT2D eigenvalue weighted by atomic mass is 35.5. The van der Waals surface area contributed by atoms with Crippen LogP contribution < -0.4 is 10.6 Å². The molecule has 9 heteroatoms. The van der Waals surface area contributed by atoms with Crippen molar-refractivity contribution in [2.24, 2.45) is 15.9 Å². The summed E-state index contributed by atoms with van der Waals surface area (Å²) in [5.74, 6) is 1.26. The number of amides is 1. The van der Waals surface area contributed by atoms with Gasteiger partial charge in [0.15, 0.2) is 0 Å². The van der Waals surface area contributed by atoms with Crippen molar-refractivity contribution in [3.8, 4) is 0 Å². The highest BCUT2D eigenvalue weighted by Gasteiger charge is 2.23. The Morgan fingerprint density at radius 3 is 3.03 bits per heavy atom. The standard InChI is InChI=1S/C22H26ClN5O3/c1-14-10-24-22(25-18-6-8-31-13-18)27-20(14)28-7-5-16(11-28)21(30)26-19(12-29)15-3-2-4-17(23)9-15/h2-5,7,9,11,14,18-19,29H,6,8,10,12-13H2,1H3,(H,24,25)(H,26,30). The fourth-order valence-corrected chi connectivity index (χ4v) is 3.85. The first kappa shape index (κ1) is 21.5. The first-order valence-corrected chi connectivity index (χ1v) is 10.7. The van der Waals surface area contributed by atoms with Crippen LogP contribution in [-0.4, -0.2) is 59.8 Å². The first-order chi connectivity index (χ1) is 15.0. The average molecular weight is 444 g/mol. The molecule has 2 aromatic rings. The molecule has 0 radical (unpaired) electrons. The summed E-state index contributed by atoms with van der Waals surface area (Å²) in [7, 11) is 0. The van der Waals surface area contributed by atoms with Gasteiger partial charge in [-0.15, -0.1) is 0 Å². The third kappa shape index (κ3) is 5.15. The quantitative estimate of drug-likeness (QED) is 0.659. The Labute approximate surface area is 186 Å². The molecular weight excluding hydrogens is 418 g/mol. The molecule has 1 aromatic heterocycles. The molecule has 0 saturated carbocycles. The van der Waals surface area contributed by atoms with Gasteiger partial charge in [0.25, 0.3) is 5.91 Å². The lowest BCUT2D eigenvalue weighted by molar-refractivity contribution is 0.0916. The molecule has 2 aliphatic rings. The number of carbonyl (C=O) groups is 1. The molecular formula is C22H26ClN5O3. The van der Waals surface area contributed by atoms with Gasteiger partial charge in [0.05, 0.1) is 37.4 Å². The van der Waals surface area contributed by atoms with Crippen LogP contribution in [-0.2, 0) is 4.74 Å². The van der Waals surface area contributed by atoms with Crippen molar-refractivity contribution in [2.45, 2.75) is 25.4 Å². The second-order valence-corrected chi connectivity index (χ2v) is 8.25. The van der Waals surface area contributed by atoms with E-state index >= 15 is 0 Å². The first-order valence-electron chi connectivity index (χ1n) is 10.4. The van der Waals surface area contributed by atoms with E-state index in [1.165, 1.54) is 0 Å². The Morgan fingerprint density at radius 2 is 2.29 bits per heavy atom. The van der Waals surface area contributed by atoms with Gasteiger partial charge in [-0.1, -0.05) is 30.7 Å². The smallest absolute Gasteiger partial charge is 0.253 e. The second-order valence-electron chi connectivity index (χ2n) is 7.81. The number of nitrogens with one attached hydrogen (secondary N) is 2. The number of hydrogen-bond acceptors (Lipinski definition) is 6. The molecule has 3 atom stereocenters. The summed E-state index contributed by atoms with van der Waals surface area (Å²) in [4.78, 5) is 22.0. The molecule has 3 unspecified atom stereocenters. The molecule has 1 saturated heterocycles. The van der Waals surface area contributed by atoms with Gasteiger partial charge >= 0.3 is 0 Å². The van der Waals surface area contributed by atoms with E-state index in [0.29, 0.717) is 29.7 Å². The van der Waals surface area contributed by atoms with E-state index in [4.69, 9.17) is 16.3 Å². The molecule has 1 aromatic carbocycles. The Balaban J connectivity index is 1.46. The SMILES string of the molecule is CC1CN=C(NC2CCOC2)N=C1n1ccc(C(=O)NC(CO)c2cccc(Cl)c2)c1. The predicted molar refractivity (Wildman–Crippen MR) is 120 cm³/mol. The van der Waals surface area contributed by atoms with Gasteiger partial charge in [0.1, 0.15) is 5.84 Å². The van der Waals surface area contributed by atoms with E-state index in [-0.39, 0.29) is 24.5 Å². The van der Waals surface area contributed by atoms with E-state index in [1.807, 2.05) is 16.8 Å². The number of aliphatic hydroxyl groups excluding tert-OH is 1. The molecule has 0 spiro atoms. The van der Waals surface area contributed by atoms with Crippen molar-refractivity contribution in [2.75, 3.05) is 26.4 Å². The minimum absolute atomic E-state index is 0.116. The average Bonchev–Trinajstić information content (AvgIpc) is 3.45. The Hall–Kier alpha value is -2.68. The number of ether oxygens (including phenoxy) is 1. The summed E-state index contributed by atoms with van der Waals surface area (Å²) in [6.45, 7) is 3.85. The summed E-state index contributed by atoms with van der Waals surface area (Å²) < 4.78 is 7.26. The number of carbonyl (C=O) groups excluding carboxylic acids is 1. The lowest BCUT2D eigenvalue weighted by Crippen LogP contribution is -2.38. The Bertz CT molecular complexity index is 997. The number of aromatic nitrogens is 1. The molecule has 4 rings (SSSR count). The molecule has 1 fully saturated rings. The number of hydrogen-bond donors (Lipinski definition) is 3. The second kappa shape index (κ2) is 9.64. The number of guanidine groups is 1. The maximum absolute atomic E-state index is 12.8. The third-order valence-electron chi connectivity index (χ3n) is 5.40. The van der Waals surface area contributed by atoms with Crippen LogP contribution in [0.5, 0.6) is 0 Å². The molecule has 8 nitrogen and oxygen atoms in total. The zero-order valence-corrected chi connectivity index (χ0v) is 18.0. The lowest BCUT2D eigenvalue weighted by atomic mass is 10.1. The summed E-state index contributed by atoms with van der Waals surface area (Å²) in [6, 6.07) is 8.51. The van der Waals surface area contributed by atoms with Gasteiger partial charge < -0.3 is 25.0 Å². The molecule has 1 amide bonds. The topological polar surface area (TPSA) is 100 Å². The zero-order valence-electron chi connectivity index (χ0n) is 17.3. The lowest BCUT2D eigenvalue weighted by Gasteiger charge is -2.21. The largest absolute Gasteiger partial charge is 0.394 e. The number of nitrogens with zero attached hydrogens (tertiary/aromatic N) is 3. The minimum Gasteiger partial charge on any atom is -0.394 e. The third-order valence-corrected chi connectivity index (χ3v) is 5.63. The fraction of sp³-hybridized carbons (Fsp3) is 0.409. The van der Waals surface area contributed by atoms with Crippen LogP contribution in [0.3, 0.4) is 0 Å². The van der Waals surface area contributed by atoms with Crippen molar-refractivity contribution >= 4 is 29.3 Å². The van der Waals surface area contributed by atoms with Crippen LogP contribution in [0, 0.1) is 5.92 Å². The molecule has 31 heavy (non-hydrogen) atoms. The van der Waals surface area contributed by atoms with E-state index in [1.54, 1.807) is 30.5 Å². The van der Waals surface area contributed by atoms with Crippen LogP contribution in [0.4, 0.5) is 0 Å². The minimum atomic E-state index is -0.544. The summed E-state index contributed by atoms with van der Waals surface area (Å²) in [5, 5.41) is 16.5. The molecule has 2 aliphatic heterocycles. The zero-order chi connectivity index (χ0) is 21.8. The number of halogens is 1. The number of benzene rings is 1. The Morgan fingerprint density at radius 1 is 1.42 bits per heavy atom. The molecule has 164 valence electrons. The van der Waals surface area contributed by atoms with Crippen LogP contribution >= 0.6 is 11.6 Å². The fourth-order valence-electron chi connectivity index (χ4n) is 3.65. The van der Waals surface area contributed by atoms with Gasteiger partial charge in [-0.3, -0.25) is 9.79 Å². The normalized spacial score (nSPS) is 21.9. The van der Waals surface area contributed by atoms with Crippen LogP contribution in [0.2, 0.25) is 5.02 Å². The van der Waals surface area contributed by atoms with Crippen molar-refractivity contribution in [1.29, 1.82) is 0 Å². The molecule has 0 bridgehead atoms. The molecule has 3 heterocycles. The summed E-state index contributed by atoms with van der Waals surface area (Å²) in [5.41, 5.74) is 1.23. The monoisotopic (exact) mass is 443 g/mol. The maximum Gasteiger partial charge on any atom is 0.253 e. The van der Waals surface area contributed by atoms with Gasteiger partial charge in [0.2, 0.25) is 5.96 Å². The number of aliphatic imine (C=N–C) groups is 2. The van der Waals surface area contributed by atoms with Crippen molar-refractivity contribution < 1.29 is 14.6 Å². The Kier molecular flexibility index (Phi) is 6.70. The van der Waals surface area contributed by atoms with E-state index < -0.39 is 6.04 Å². The van der Waals surface area contributed by atoms with E-state index in [2.05, 4.69) is 27.5 Å². The van der Waals surface area contributed by atoms with Crippen molar-refractivity contribution in [3.05, 3.63) is 58.9 Å². The summed E-state index contributed by atoms with van der Waals surface area (Å²) >= 11 is 6.04. The van der Waals surface area contributed by atoms with Crippen LogP contribution in [0.15, 0.2) is 52.7 Å². The number of aliphatic hydroxyl groups is 1. The van der Waals surface area contributed by atoms with Crippen LogP contribution in [0.1, 0.15) is 35.3 Å². The maximum atomic E-state index is 12.8. The van der Waals surface area contributed by atoms with Crippen LogP contribution in [0.25, 0.3) is 0 Å². The van der Waals surface area contributed by atoms with Gasteiger partial charge in [-0.25, -0.2) is 0 Å². The van der Waals surface area contributed by atoms with Gasteiger partial charge in [-0.2, -0.15) is 4.99 Å². The highest BCUT2D eigenvalue weighted by Crippen LogP contribution is 2.19. The molecule has 3 N–H and O–H groups in total.